The van der Waals surface area contributed by atoms with Crippen molar-refractivity contribution in [2.45, 2.75) is 25.7 Å². The predicted octanol–water partition coefficient (Wildman–Crippen LogP) is 7.37. The fourth-order valence-electron chi connectivity index (χ4n) is 3.83. The van der Waals surface area contributed by atoms with E-state index < -0.39 is 0 Å². The number of anilines is 2. The van der Waals surface area contributed by atoms with Gasteiger partial charge in [0.2, 0.25) is 0 Å². The van der Waals surface area contributed by atoms with E-state index in [-0.39, 0.29) is 5.92 Å². The zero-order chi connectivity index (χ0) is 22.3. The van der Waals surface area contributed by atoms with Crippen LogP contribution in [0.1, 0.15) is 36.8 Å². The molecule has 4 heteroatoms. The number of nitrogens with two attached hydrogens (primary N) is 2. The predicted molar refractivity (Wildman–Crippen MR) is 131 cm³/mol. The molecule has 4 N–H and O–H groups in total. The fraction of sp³-hybridized carbons (Fsp3) is 0.143. The molecule has 0 saturated carbocycles. The summed E-state index contributed by atoms with van der Waals surface area (Å²) in [6, 6.07) is 31.5. The first kappa shape index (κ1) is 21.3. The first-order valence-corrected chi connectivity index (χ1v) is 10.9. The maximum atomic E-state index is 6.06. The molecule has 4 aromatic carbocycles. The molecule has 0 aliphatic rings. The Labute approximate surface area is 189 Å². The minimum absolute atomic E-state index is 0.230. The molecular weight excluding hydrogens is 396 g/mol. The first-order chi connectivity index (χ1) is 15.6. The fourth-order valence-corrected chi connectivity index (χ4v) is 3.83. The molecule has 0 heterocycles. The highest BCUT2D eigenvalue weighted by Crippen LogP contribution is 2.35. The van der Waals surface area contributed by atoms with Crippen LogP contribution in [0.3, 0.4) is 0 Å². The third-order valence-corrected chi connectivity index (χ3v) is 5.29. The molecule has 0 aliphatic carbocycles. The van der Waals surface area contributed by atoms with Gasteiger partial charge in [-0.15, -0.1) is 0 Å². The summed E-state index contributed by atoms with van der Waals surface area (Å²) in [5, 5.41) is 0. The van der Waals surface area contributed by atoms with Crippen molar-refractivity contribution in [2.75, 3.05) is 11.5 Å². The zero-order valence-corrected chi connectivity index (χ0v) is 18.2. The molecule has 0 aliphatic heterocycles. The largest absolute Gasteiger partial charge is 0.457 e. The van der Waals surface area contributed by atoms with Gasteiger partial charge in [0, 0.05) is 29.4 Å². The van der Waals surface area contributed by atoms with Gasteiger partial charge in [-0.05, 0) is 66.1 Å². The number of hydrogen-bond donors (Lipinski definition) is 2. The van der Waals surface area contributed by atoms with E-state index in [1.54, 1.807) is 0 Å². The number of nitrogen functional groups attached to an aromatic ring is 2. The summed E-state index contributed by atoms with van der Waals surface area (Å²) in [5.74, 6) is 3.27. The molecular formula is C28H28N2O2. The minimum Gasteiger partial charge on any atom is -0.457 e. The molecule has 4 aromatic rings. The Hall–Kier alpha value is -3.92. The lowest BCUT2D eigenvalue weighted by molar-refractivity contribution is 0.480. The second-order valence-corrected chi connectivity index (χ2v) is 7.84. The third-order valence-electron chi connectivity index (χ3n) is 5.29. The summed E-state index contributed by atoms with van der Waals surface area (Å²) in [4.78, 5) is 0. The van der Waals surface area contributed by atoms with Crippen LogP contribution >= 0.6 is 0 Å². The highest BCUT2D eigenvalue weighted by Gasteiger charge is 2.15. The van der Waals surface area contributed by atoms with Gasteiger partial charge in [-0.2, -0.15) is 0 Å². The van der Waals surface area contributed by atoms with E-state index in [1.807, 2.05) is 72.8 Å². The summed E-state index contributed by atoms with van der Waals surface area (Å²) in [6.45, 7) is 2.20. The lowest BCUT2D eigenvalue weighted by Crippen LogP contribution is -2.02. The van der Waals surface area contributed by atoms with Crippen LogP contribution in [0.2, 0.25) is 0 Å². The topological polar surface area (TPSA) is 70.5 Å². The van der Waals surface area contributed by atoms with E-state index in [0.29, 0.717) is 11.4 Å². The smallest absolute Gasteiger partial charge is 0.129 e. The van der Waals surface area contributed by atoms with Crippen LogP contribution in [0.15, 0.2) is 97.1 Å². The second-order valence-electron chi connectivity index (χ2n) is 7.84. The molecule has 32 heavy (non-hydrogen) atoms. The SMILES string of the molecule is CCCC(c1cccc(Oc2cccc(N)c2)c1)c1cccc(Oc2cccc(N)c2)c1. The second kappa shape index (κ2) is 9.92. The molecule has 4 nitrogen and oxygen atoms in total. The van der Waals surface area contributed by atoms with Crippen molar-refractivity contribution in [1.29, 1.82) is 0 Å². The van der Waals surface area contributed by atoms with Crippen LogP contribution in [0.25, 0.3) is 0 Å². The molecule has 162 valence electrons. The monoisotopic (exact) mass is 424 g/mol. The van der Waals surface area contributed by atoms with E-state index in [4.69, 9.17) is 20.9 Å². The molecule has 0 fully saturated rings. The van der Waals surface area contributed by atoms with Gasteiger partial charge in [0.25, 0.3) is 0 Å². The van der Waals surface area contributed by atoms with E-state index in [2.05, 4.69) is 31.2 Å². The van der Waals surface area contributed by atoms with Gasteiger partial charge >= 0.3 is 0 Å². The van der Waals surface area contributed by atoms with Gasteiger partial charge in [-0.25, -0.2) is 0 Å². The average molecular weight is 425 g/mol. The summed E-state index contributed by atoms with van der Waals surface area (Å²) in [5.41, 5.74) is 15.5. The Morgan fingerprint density at radius 3 is 1.41 bits per heavy atom. The summed E-state index contributed by atoms with van der Waals surface area (Å²) in [6.07, 6.45) is 2.08. The number of rotatable bonds is 8. The van der Waals surface area contributed by atoms with Crippen molar-refractivity contribution in [3.8, 4) is 23.0 Å². The average Bonchev–Trinajstić information content (AvgIpc) is 2.78. The third kappa shape index (κ3) is 5.41. The van der Waals surface area contributed by atoms with Crippen LogP contribution in [-0.4, -0.2) is 0 Å². The van der Waals surface area contributed by atoms with Crippen LogP contribution in [0.5, 0.6) is 23.0 Å². The van der Waals surface area contributed by atoms with Crippen LogP contribution in [-0.2, 0) is 0 Å². The van der Waals surface area contributed by atoms with Crippen molar-refractivity contribution in [3.63, 3.8) is 0 Å². The van der Waals surface area contributed by atoms with Crippen LogP contribution in [0.4, 0.5) is 11.4 Å². The highest BCUT2D eigenvalue weighted by atomic mass is 16.5. The molecule has 0 atom stereocenters. The van der Waals surface area contributed by atoms with Gasteiger partial charge in [0.05, 0.1) is 0 Å². The maximum Gasteiger partial charge on any atom is 0.129 e. The molecule has 0 aromatic heterocycles. The Balaban J connectivity index is 1.59. The van der Waals surface area contributed by atoms with E-state index in [1.165, 1.54) is 11.1 Å². The molecule has 4 rings (SSSR count). The summed E-state index contributed by atoms with van der Waals surface area (Å²) in [7, 11) is 0. The van der Waals surface area contributed by atoms with Crippen molar-refractivity contribution in [2.24, 2.45) is 0 Å². The van der Waals surface area contributed by atoms with Gasteiger partial charge in [0.15, 0.2) is 0 Å². The van der Waals surface area contributed by atoms with E-state index in [9.17, 15) is 0 Å². The summed E-state index contributed by atoms with van der Waals surface area (Å²) < 4.78 is 12.1. The van der Waals surface area contributed by atoms with E-state index >= 15 is 0 Å². The Bertz CT molecular complexity index is 1100. The number of ether oxygens (including phenoxy) is 2. The van der Waals surface area contributed by atoms with Crippen molar-refractivity contribution < 1.29 is 9.47 Å². The lowest BCUT2D eigenvalue weighted by atomic mass is 9.87. The van der Waals surface area contributed by atoms with Crippen molar-refractivity contribution in [3.05, 3.63) is 108 Å². The standard InChI is InChI=1S/C28H28N2O2/c1-2-7-28(20-8-3-12-24(16-20)31-26-14-5-10-22(29)18-26)21-9-4-13-25(17-21)32-27-15-6-11-23(30)19-27/h3-6,8-19,28H,2,7,29-30H2,1H3. The normalized spacial score (nSPS) is 10.8. The van der Waals surface area contributed by atoms with Gasteiger partial charge in [-0.1, -0.05) is 49.7 Å². The molecule has 0 spiro atoms. The van der Waals surface area contributed by atoms with Gasteiger partial charge in [-0.3, -0.25) is 0 Å². The maximum absolute atomic E-state index is 6.06. The Morgan fingerprint density at radius 1 is 0.594 bits per heavy atom. The molecule has 0 saturated heterocycles. The highest BCUT2D eigenvalue weighted by molar-refractivity contribution is 5.48. The van der Waals surface area contributed by atoms with Crippen LogP contribution < -0.4 is 20.9 Å². The van der Waals surface area contributed by atoms with Crippen molar-refractivity contribution >= 4 is 11.4 Å². The molecule has 0 unspecified atom stereocenters. The first-order valence-electron chi connectivity index (χ1n) is 10.9. The Morgan fingerprint density at radius 2 is 1.00 bits per heavy atom. The Kier molecular flexibility index (Phi) is 6.61. The number of benzene rings is 4. The van der Waals surface area contributed by atoms with Gasteiger partial charge < -0.3 is 20.9 Å². The van der Waals surface area contributed by atoms with Gasteiger partial charge in [0.1, 0.15) is 23.0 Å². The molecule has 0 amide bonds. The number of hydrogen-bond acceptors (Lipinski definition) is 4. The summed E-state index contributed by atoms with van der Waals surface area (Å²) >= 11 is 0. The minimum atomic E-state index is 0.230. The zero-order valence-electron chi connectivity index (χ0n) is 18.2. The molecule has 0 radical (unpaired) electrons. The molecule has 0 bridgehead atoms. The quantitative estimate of drug-likeness (QED) is 0.290. The van der Waals surface area contributed by atoms with Crippen molar-refractivity contribution in [1.82, 2.24) is 0 Å². The lowest BCUT2D eigenvalue weighted by Gasteiger charge is -2.19. The van der Waals surface area contributed by atoms with Crippen LogP contribution in [0, 0.1) is 0 Å². The van der Waals surface area contributed by atoms with E-state index in [0.717, 1.165) is 35.8 Å².